The number of hydrogen-bond acceptors (Lipinski definition) is 6. The quantitative estimate of drug-likeness (QED) is 0.392. The van der Waals surface area contributed by atoms with Gasteiger partial charge in [0.05, 0.1) is 23.8 Å². The SMILES string of the molecule is COc1ccc2c(c1)C(N1CCN(C(=O)c3cccnc3Cl)C(C)C1)=Nc1cc(C(F)(F)F)ccc1O2. The zero-order valence-corrected chi connectivity index (χ0v) is 20.7. The number of carbonyl (C=O) groups is 1. The maximum absolute atomic E-state index is 13.4. The van der Waals surface area contributed by atoms with Crippen molar-refractivity contribution in [2.75, 3.05) is 26.7 Å². The Kier molecular flexibility index (Phi) is 6.45. The fourth-order valence-electron chi connectivity index (χ4n) is 4.45. The highest BCUT2D eigenvalue weighted by Gasteiger charge is 2.35. The van der Waals surface area contributed by atoms with Gasteiger partial charge in [-0.25, -0.2) is 9.98 Å². The molecule has 0 saturated carbocycles. The number of carbonyl (C=O) groups excluding carboxylic acids is 1. The van der Waals surface area contributed by atoms with Gasteiger partial charge in [0.25, 0.3) is 5.91 Å². The van der Waals surface area contributed by atoms with E-state index in [1.54, 1.807) is 35.2 Å². The Morgan fingerprint density at radius 2 is 1.92 bits per heavy atom. The van der Waals surface area contributed by atoms with Gasteiger partial charge in [-0.2, -0.15) is 13.2 Å². The second-order valence-electron chi connectivity index (χ2n) is 8.72. The normalized spacial score (nSPS) is 17.2. The summed E-state index contributed by atoms with van der Waals surface area (Å²) in [6, 6.07) is 11.4. The molecule has 3 heterocycles. The molecular weight excluding hydrogens is 509 g/mol. The summed E-state index contributed by atoms with van der Waals surface area (Å²) >= 11 is 6.14. The van der Waals surface area contributed by atoms with E-state index in [1.807, 2.05) is 11.8 Å². The maximum atomic E-state index is 13.4. The molecule has 11 heteroatoms. The molecule has 2 aliphatic rings. The summed E-state index contributed by atoms with van der Waals surface area (Å²) in [7, 11) is 1.52. The van der Waals surface area contributed by atoms with Gasteiger partial charge in [0.2, 0.25) is 0 Å². The van der Waals surface area contributed by atoms with E-state index in [0.29, 0.717) is 48.1 Å². The van der Waals surface area contributed by atoms with Crippen molar-refractivity contribution in [2.45, 2.75) is 19.1 Å². The second kappa shape index (κ2) is 9.59. The van der Waals surface area contributed by atoms with Gasteiger partial charge in [0, 0.05) is 31.9 Å². The lowest BCUT2D eigenvalue weighted by atomic mass is 10.1. The van der Waals surface area contributed by atoms with Gasteiger partial charge in [0.1, 0.15) is 28.2 Å². The molecule has 0 bridgehead atoms. The summed E-state index contributed by atoms with van der Waals surface area (Å²) in [5.74, 6) is 1.39. The van der Waals surface area contributed by atoms with Crippen LogP contribution >= 0.6 is 11.6 Å². The monoisotopic (exact) mass is 530 g/mol. The minimum atomic E-state index is -4.53. The van der Waals surface area contributed by atoms with Gasteiger partial charge in [-0.15, -0.1) is 0 Å². The molecule has 2 aromatic carbocycles. The number of amides is 1. The number of fused-ring (bicyclic) bond motifs is 2. The molecule has 1 amide bonds. The van der Waals surface area contributed by atoms with Crippen molar-refractivity contribution in [3.05, 3.63) is 76.6 Å². The first kappa shape index (κ1) is 24.9. The van der Waals surface area contributed by atoms with Gasteiger partial charge in [-0.05, 0) is 55.5 Å². The molecule has 0 radical (unpaired) electrons. The summed E-state index contributed by atoms with van der Waals surface area (Å²) in [6.45, 7) is 3.01. The number of aliphatic imine (C=N–C) groups is 1. The number of methoxy groups -OCH3 is 1. The minimum Gasteiger partial charge on any atom is -0.497 e. The molecular formula is C26H22ClF3N4O3. The molecule has 1 fully saturated rings. The van der Waals surface area contributed by atoms with Crippen LogP contribution in [0.1, 0.15) is 28.4 Å². The van der Waals surface area contributed by atoms with E-state index in [1.165, 1.54) is 19.4 Å². The van der Waals surface area contributed by atoms with Crippen LogP contribution in [0, 0.1) is 0 Å². The molecule has 0 aliphatic carbocycles. The molecule has 37 heavy (non-hydrogen) atoms. The van der Waals surface area contributed by atoms with Gasteiger partial charge in [0.15, 0.2) is 5.75 Å². The molecule has 1 aromatic heterocycles. The highest BCUT2D eigenvalue weighted by atomic mass is 35.5. The van der Waals surface area contributed by atoms with E-state index >= 15 is 0 Å². The van der Waals surface area contributed by atoms with E-state index in [0.717, 1.165) is 12.1 Å². The van der Waals surface area contributed by atoms with Crippen LogP contribution in [0.3, 0.4) is 0 Å². The van der Waals surface area contributed by atoms with Crippen LogP contribution in [-0.4, -0.2) is 59.3 Å². The van der Waals surface area contributed by atoms with E-state index in [2.05, 4.69) is 9.98 Å². The third-order valence-corrected chi connectivity index (χ3v) is 6.64. The van der Waals surface area contributed by atoms with Crippen LogP contribution in [0.15, 0.2) is 59.7 Å². The molecule has 2 aliphatic heterocycles. The molecule has 0 N–H and O–H groups in total. The predicted octanol–water partition coefficient (Wildman–Crippen LogP) is 5.79. The highest BCUT2D eigenvalue weighted by molar-refractivity contribution is 6.32. The standard InChI is InChI=1S/C26H22ClF3N4O3/c1-15-14-33(10-11-34(15)25(35)18-4-3-9-31-23(18)27)24-19-13-17(36-2)6-8-21(19)37-22-7-5-16(26(28,29)30)12-20(22)32-24/h3-9,12-13,15H,10-11,14H2,1-2H3. The number of rotatable bonds is 2. The second-order valence-corrected chi connectivity index (χ2v) is 9.07. The van der Waals surface area contributed by atoms with Crippen molar-refractivity contribution in [1.82, 2.24) is 14.8 Å². The Balaban J connectivity index is 1.52. The molecule has 0 spiro atoms. The zero-order valence-electron chi connectivity index (χ0n) is 19.9. The third-order valence-electron chi connectivity index (χ3n) is 6.34. The Morgan fingerprint density at radius 3 is 2.62 bits per heavy atom. The maximum Gasteiger partial charge on any atom is 0.416 e. The Morgan fingerprint density at radius 1 is 1.14 bits per heavy atom. The third kappa shape index (κ3) is 4.81. The number of halogens is 4. The summed E-state index contributed by atoms with van der Waals surface area (Å²) in [6.07, 6.45) is -3.01. The van der Waals surface area contributed by atoms with Crippen molar-refractivity contribution in [1.29, 1.82) is 0 Å². The predicted molar refractivity (Wildman–Crippen MR) is 132 cm³/mol. The Hall–Kier alpha value is -3.79. The van der Waals surface area contributed by atoms with Crippen molar-refractivity contribution >= 4 is 29.0 Å². The number of alkyl halides is 3. The van der Waals surface area contributed by atoms with Crippen LogP contribution < -0.4 is 9.47 Å². The lowest BCUT2D eigenvalue weighted by Gasteiger charge is -2.41. The van der Waals surface area contributed by atoms with E-state index in [-0.39, 0.29) is 28.5 Å². The summed E-state index contributed by atoms with van der Waals surface area (Å²) < 4.78 is 51.7. The van der Waals surface area contributed by atoms with Crippen molar-refractivity contribution in [3.8, 4) is 17.2 Å². The zero-order chi connectivity index (χ0) is 26.3. The van der Waals surface area contributed by atoms with E-state index in [4.69, 9.17) is 21.1 Å². The Labute approximate surface area is 216 Å². The average Bonchev–Trinajstić information content (AvgIpc) is 3.03. The first-order chi connectivity index (χ1) is 17.7. The van der Waals surface area contributed by atoms with E-state index in [9.17, 15) is 18.0 Å². The number of piperazine rings is 1. The Bertz CT molecular complexity index is 1400. The number of hydrogen-bond donors (Lipinski definition) is 0. The lowest BCUT2D eigenvalue weighted by Crippen LogP contribution is -2.55. The molecule has 3 aromatic rings. The minimum absolute atomic E-state index is 0.0632. The van der Waals surface area contributed by atoms with Crippen molar-refractivity contribution in [2.24, 2.45) is 4.99 Å². The summed E-state index contributed by atoms with van der Waals surface area (Å²) in [4.78, 5) is 25.4. The molecule has 7 nitrogen and oxygen atoms in total. The topological polar surface area (TPSA) is 67.3 Å². The molecule has 1 atom stereocenters. The fourth-order valence-corrected chi connectivity index (χ4v) is 4.65. The van der Waals surface area contributed by atoms with Crippen molar-refractivity contribution in [3.63, 3.8) is 0 Å². The number of amidine groups is 1. The molecule has 192 valence electrons. The van der Waals surface area contributed by atoms with Crippen LogP contribution in [0.4, 0.5) is 18.9 Å². The van der Waals surface area contributed by atoms with Gasteiger partial charge in [-0.1, -0.05) is 11.6 Å². The van der Waals surface area contributed by atoms with Gasteiger partial charge in [-0.3, -0.25) is 4.79 Å². The first-order valence-electron chi connectivity index (χ1n) is 11.5. The number of pyridine rings is 1. The molecule has 1 saturated heterocycles. The largest absolute Gasteiger partial charge is 0.497 e. The number of ether oxygens (including phenoxy) is 2. The van der Waals surface area contributed by atoms with Gasteiger partial charge >= 0.3 is 6.18 Å². The smallest absolute Gasteiger partial charge is 0.416 e. The van der Waals surface area contributed by atoms with Crippen LogP contribution in [-0.2, 0) is 6.18 Å². The van der Waals surface area contributed by atoms with Crippen molar-refractivity contribution < 1.29 is 27.4 Å². The number of benzene rings is 2. The van der Waals surface area contributed by atoms with Crippen LogP contribution in [0.2, 0.25) is 5.15 Å². The molecule has 5 rings (SSSR count). The van der Waals surface area contributed by atoms with Crippen LogP contribution in [0.5, 0.6) is 17.2 Å². The van der Waals surface area contributed by atoms with Crippen LogP contribution in [0.25, 0.3) is 0 Å². The highest BCUT2D eigenvalue weighted by Crippen LogP contribution is 2.42. The summed E-state index contributed by atoms with van der Waals surface area (Å²) in [5, 5.41) is 0.130. The molecule has 1 unspecified atom stereocenters. The van der Waals surface area contributed by atoms with Gasteiger partial charge < -0.3 is 19.3 Å². The van der Waals surface area contributed by atoms with E-state index < -0.39 is 11.7 Å². The average molecular weight is 531 g/mol. The first-order valence-corrected chi connectivity index (χ1v) is 11.9. The summed E-state index contributed by atoms with van der Waals surface area (Å²) in [5.41, 5.74) is 0.131. The fraction of sp³-hybridized carbons (Fsp3) is 0.269. The lowest BCUT2D eigenvalue weighted by molar-refractivity contribution is -0.137. The number of nitrogens with zero attached hydrogens (tertiary/aromatic N) is 4. The number of aromatic nitrogens is 1.